The van der Waals surface area contributed by atoms with E-state index in [-0.39, 0.29) is 5.92 Å². The summed E-state index contributed by atoms with van der Waals surface area (Å²) in [4.78, 5) is 11.7. The first kappa shape index (κ1) is 19.0. The maximum absolute atomic E-state index is 14.0. The molecule has 1 amide bonds. The summed E-state index contributed by atoms with van der Waals surface area (Å²) in [5, 5.41) is 3.67. The van der Waals surface area contributed by atoms with Crippen molar-refractivity contribution in [2.24, 2.45) is 11.8 Å². The SMILES string of the molecule is CC(C=CC1CC1c1ccc(Cl)c(Cl)c1)=C(F)C(=O)NCC(C)C. The van der Waals surface area contributed by atoms with Crippen LogP contribution < -0.4 is 5.32 Å². The van der Waals surface area contributed by atoms with Crippen molar-refractivity contribution in [2.45, 2.75) is 33.1 Å². The molecule has 1 aliphatic carbocycles. The van der Waals surface area contributed by atoms with Crippen molar-refractivity contribution in [3.63, 3.8) is 0 Å². The largest absolute Gasteiger partial charge is 0.350 e. The summed E-state index contributed by atoms with van der Waals surface area (Å²) >= 11 is 12.0. The van der Waals surface area contributed by atoms with Gasteiger partial charge in [-0.1, -0.05) is 55.3 Å². The molecule has 24 heavy (non-hydrogen) atoms. The Hall–Kier alpha value is -1.32. The van der Waals surface area contributed by atoms with Gasteiger partial charge in [0.25, 0.3) is 5.91 Å². The first-order chi connectivity index (χ1) is 11.3. The van der Waals surface area contributed by atoms with Gasteiger partial charge in [0.05, 0.1) is 10.0 Å². The van der Waals surface area contributed by atoms with E-state index in [1.54, 1.807) is 19.1 Å². The van der Waals surface area contributed by atoms with E-state index in [4.69, 9.17) is 23.2 Å². The number of rotatable bonds is 6. The Balaban J connectivity index is 1.95. The number of carbonyl (C=O) groups is 1. The lowest BCUT2D eigenvalue weighted by Crippen LogP contribution is -2.27. The lowest BCUT2D eigenvalue weighted by atomic mass is 10.1. The van der Waals surface area contributed by atoms with Crippen LogP contribution in [0.25, 0.3) is 0 Å². The van der Waals surface area contributed by atoms with E-state index in [2.05, 4.69) is 5.32 Å². The average molecular weight is 370 g/mol. The van der Waals surface area contributed by atoms with E-state index in [0.29, 0.717) is 34.0 Å². The Morgan fingerprint density at radius 3 is 2.71 bits per heavy atom. The molecule has 0 saturated heterocycles. The molecule has 2 atom stereocenters. The van der Waals surface area contributed by atoms with Crippen molar-refractivity contribution in [1.29, 1.82) is 0 Å². The summed E-state index contributed by atoms with van der Waals surface area (Å²) < 4.78 is 14.0. The van der Waals surface area contributed by atoms with Crippen LogP contribution in [0.5, 0.6) is 0 Å². The molecule has 5 heteroatoms. The zero-order chi connectivity index (χ0) is 17.9. The van der Waals surface area contributed by atoms with Gasteiger partial charge in [-0.2, -0.15) is 0 Å². The summed E-state index contributed by atoms with van der Waals surface area (Å²) in [6.07, 6.45) is 4.63. The Bertz CT molecular complexity index is 682. The number of halogens is 3. The normalized spacial score (nSPS) is 21.1. The highest BCUT2D eigenvalue weighted by molar-refractivity contribution is 6.42. The molecule has 1 aromatic carbocycles. The van der Waals surface area contributed by atoms with E-state index >= 15 is 0 Å². The molecule has 2 nitrogen and oxygen atoms in total. The molecular formula is C19H22Cl2FNO. The monoisotopic (exact) mass is 369 g/mol. The standard InChI is InChI=1S/C19H22Cl2FNO/c1-11(2)10-23-19(24)18(22)12(3)4-5-13-8-15(13)14-6-7-16(20)17(21)9-14/h4-7,9,11,13,15H,8,10H2,1-3H3,(H,23,24). The van der Waals surface area contributed by atoms with Crippen LogP contribution in [0.3, 0.4) is 0 Å². The third-order valence-corrected chi connectivity index (χ3v) is 4.76. The third-order valence-electron chi connectivity index (χ3n) is 4.02. The number of carbonyl (C=O) groups excluding carboxylic acids is 1. The van der Waals surface area contributed by atoms with Crippen LogP contribution in [0.15, 0.2) is 41.8 Å². The quantitative estimate of drug-likeness (QED) is 0.507. The minimum absolute atomic E-state index is 0.288. The Labute approximate surface area is 152 Å². The predicted molar refractivity (Wildman–Crippen MR) is 98.1 cm³/mol. The molecule has 1 saturated carbocycles. The van der Waals surface area contributed by atoms with Gasteiger partial charge >= 0.3 is 0 Å². The highest BCUT2D eigenvalue weighted by Crippen LogP contribution is 2.49. The number of hydrogen-bond acceptors (Lipinski definition) is 1. The second-order valence-electron chi connectivity index (χ2n) is 6.64. The van der Waals surface area contributed by atoms with Gasteiger partial charge in [-0.05, 0) is 54.4 Å². The fourth-order valence-electron chi connectivity index (χ4n) is 2.45. The van der Waals surface area contributed by atoms with Crippen molar-refractivity contribution >= 4 is 29.1 Å². The summed E-state index contributed by atoms with van der Waals surface area (Å²) in [5.41, 5.74) is 1.48. The molecule has 0 aromatic heterocycles. The molecule has 0 bridgehead atoms. The number of benzene rings is 1. The first-order valence-electron chi connectivity index (χ1n) is 8.07. The average Bonchev–Trinajstić information content (AvgIpc) is 3.31. The van der Waals surface area contributed by atoms with Gasteiger partial charge in [0, 0.05) is 6.54 Å². The van der Waals surface area contributed by atoms with Gasteiger partial charge in [0.15, 0.2) is 5.83 Å². The van der Waals surface area contributed by atoms with Crippen molar-refractivity contribution in [3.8, 4) is 0 Å². The molecular weight excluding hydrogens is 348 g/mol. The maximum Gasteiger partial charge on any atom is 0.280 e. The topological polar surface area (TPSA) is 29.1 Å². The van der Waals surface area contributed by atoms with Crippen LogP contribution in [0.1, 0.15) is 38.7 Å². The summed E-state index contributed by atoms with van der Waals surface area (Å²) in [7, 11) is 0. The Morgan fingerprint density at radius 1 is 1.38 bits per heavy atom. The van der Waals surface area contributed by atoms with E-state index in [0.717, 1.165) is 12.0 Å². The molecule has 2 rings (SSSR count). The molecule has 1 aromatic rings. The second-order valence-corrected chi connectivity index (χ2v) is 7.45. The molecule has 2 unspecified atom stereocenters. The molecule has 1 N–H and O–H groups in total. The molecule has 130 valence electrons. The van der Waals surface area contributed by atoms with Crippen LogP contribution in [-0.2, 0) is 4.79 Å². The molecule has 1 fully saturated rings. The van der Waals surface area contributed by atoms with E-state index in [9.17, 15) is 9.18 Å². The molecule has 0 radical (unpaired) electrons. The summed E-state index contributed by atoms with van der Waals surface area (Å²) in [6, 6.07) is 5.64. The number of hydrogen-bond donors (Lipinski definition) is 1. The number of allylic oxidation sites excluding steroid dienone is 3. The molecule has 1 aliphatic rings. The van der Waals surface area contributed by atoms with Gasteiger partial charge in [-0.3, -0.25) is 4.79 Å². The fraction of sp³-hybridized carbons (Fsp3) is 0.421. The van der Waals surface area contributed by atoms with Gasteiger partial charge < -0.3 is 5.32 Å². The van der Waals surface area contributed by atoms with E-state index in [1.807, 2.05) is 32.1 Å². The predicted octanol–water partition coefficient (Wildman–Crippen LogP) is 5.67. The Kier molecular flexibility index (Phi) is 6.47. The number of nitrogens with one attached hydrogen (secondary N) is 1. The second kappa shape index (κ2) is 8.17. The van der Waals surface area contributed by atoms with E-state index < -0.39 is 11.7 Å². The van der Waals surface area contributed by atoms with Gasteiger partial charge in [-0.25, -0.2) is 4.39 Å². The maximum atomic E-state index is 14.0. The highest BCUT2D eigenvalue weighted by Gasteiger charge is 2.36. The van der Waals surface area contributed by atoms with Crippen LogP contribution in [-0.4, -0.2) is 12.5 Å². The van der Waals surface area contributed by atoms with Crippen LogP contribution in [0.4, 0.5) is 4.39 Å². The summed E-state index contributed by atoms with van der Waals surface area (Å²) in [6.45, 7) is 6.00. The van der Waals surface area contributed by atoms with Gasteiger partial charge in [-0.15, -0.1) is 0 Å². The van der Waals surface area contributed by atoms with Crippen molar-refractivity contribution in [1.82, 2.24) is 5.32 Å². The van der Waals surface area contributed by atoms with Crippen molar-refractivity contribution in [2.75, 3.05) is 6.54 Å². The lowest BCUT2D eigenvalue weighted by molar-refractivity contribution is -0.119. The smallest absolute Gasteiger partial charge is 0.280 e. The van der Waals surface area contributed by atoms with Crippen molar-refractivity contribution in [3.05, 3.63) is 57.4 Å². The molecule has 0 heterocycles. The zero-order valence-corrected chi connectivity index (χ0v) is 15.6. The van der Waals surface area contributed by atoms with Crippen LogP contribution >= 0.6 is 23.2 Å². The number of amides is 1. The highest BCUT2D eigenvalue weighted by atomic mass is 35.5. The molecule has 0 spiro atoms. The van der Waals surface area contributed by atoms with Crippen LogP contribution in [0, 0.1) is 11.8 Å². The van der Waals surface area contributed by atoms with Crippen molar-refractivity contribution < 1.29 is 9.18 Å². The third kappa shape index (κ3) is 5.09. The zero-order valence-electron chi connectivity index (χ0n) is 14.1. The van der Waals surface area contributed by atoms with Gasteiger partial charge in [0.1, 0.15) is 0 Å². The molecule has 0 aliphatic heterocycles. The Morgan fingerprint density at radius 2 is 2.08 bits per heavy atom. The lowest BCUT2D eigenvalue weighted by Gasteiger charge is -2.06. The van der Waals surface area contributed by atoms with Crippen LogP contribution in [0.2, 0.25) is 10.0 Å². The first-order valence-corrected chi connectivity index (χ1v) is 8.83. The summed E-state index contributed by atoms with van der Waals surface area (Å²) in [5.74, 6) is -0.372. The minimum atomic E-state index is -0.723. The van der Waals surface area contributed by atoms with E-state index in [1.165, 1.54) is 0 Å². The minimum Gasteiger partial charge on any atom is -0.350 e. The van der Waals surface area contributed by atoms with Gasteiger partial charge in [0.2, 0.25) is 0 Å². The fourth-order valence-corrected chi connectivity index (χ4v) is 2.75.